The number of benzene rings is 1. The molecule has 106 valence electrons. The summed E-state index contributed by atoms with van der Waals surface area (Å²) < 4.78 is 7.22. The molecule has 0 saturated heterocycles. The lowest BCUT2D eigenvalue weighted by Gasteiger charge is -2.08. The van der Waals surface area contributed by atoms with Gasteiger partial charge in [-0.05, 0) is 25.1 Å². The first kappa shape index (κ1) is 13.0. The number of nitrogens with zero attached hydrogens (tertiary/aromatic N) is 5. The molecule has 0 spiro atoms. The Morgan fingerprint density at radius 3 is 2.67 bits per heavy atom. The Kier molecular flexibility index (Phi) is 3.72. The zero-order valence-corrected chi connectivity index (χ0v) is 11.5. The highest BCUT2D eigenvalue weighted by molar-refractivity contribution is 5.32. The summed E-state index contributed by atoms with van der Waals surface area (Å²) in [6, 6.07) is 11.4. The van der Waals surface area contributed by atoms with E-state index in [2.05, 4.69) is 25.4 Å². The summed E-state index contributed by atoms with van der Waals surface area (Å²) >= 11 is 0. The molecule has 3 rings (SSSR count). The van der Waals surface area contributed by atoms with Gasteiger partial charge in [-0.25, -0.2) is 4.68 Å². The summed E-state index contributed by atoms with van der Waals surface area (Å²) in [5.41, 5.74) is 0. The molecular formula is C14H14N6O. The number of ether oxygens (including phenoxy) is 1. The maximum atomic E-state index is 5.66. The first-order valence-electron chi connectivity index (χ1n) is 6.58. The van der Waals surface area contributed by atoms with Crippen LogP contribution in [-0.2, 0) is 0 Å². The van der Waals surface area contributed by atoms with Crippen LogP contribution in [0.5, 0.6) is 11.8 Å². The van der Waals surface area contributed by atoms with E-state index in [0.717, 1.165) is 0 Å². The second kappa shape index (κ2) is 6.00. The van der Waals surface area contributed by atoms with Crippen LogP contribution < -0.4 is 10.1 Å². The van der Waals surface area contributed by atoms with Crippen LogP contribution in [0.3, 0.4) is 0 Å². The first-order chi connectivity index (χ1) is 10.3. The SMILES string of the molecule is CCNc1nc(Oc2ccccc2)nc(-n2cccn2)n1. The number of nitrogens with one attached hydrogen (secondary N) is 1. The zero-order chi connectivity index (χ0) is 14.5. The smallest absolute Gasteiger partial charge is 0.328 e. The standard InChI is InChI=1S/C14H14N6O/c1-2-15-12-17-13(20-10-6-9-16-20)19-14(18-12)21-11-7-4-3-5-8-11/h3-10H,2H2,1H3,(H,15,17,18,19). The van der Waals surface area contributed by atoms with Crippen molar-refractivity contribution in [3.8, 4) is 17.7 Å². The van der Waals surface area contributed by atoms with Crippen molar-refractivity contribution in [2.45, 2.75) is 6.92 Å². The predicted octanol–water partition coefficient (Wildman–Crippen LogP) is 2.28. The van der Waals surface area contributed by atoms with E-state index in [0.29, 0.717) is 24.2 Å². The van der Waals surface area contributed by atoms with Gasteiger partial charge < -0.3 is 10.1 Å². The topological polar surface area (TPSA) is 77.8 Å². The quantitative estimate of drug-likeness (QED) is 0.773. The Morgan fingerprint density at radius 1 is 1.10 bits per heavy atom. The van der Waals surface area contributed by atoms with E-state index in [4.69, 9.17) is 4.74 Å². The van der Waals surface area contributed by atoms with Crippen molar-refractivity contribution in [3.63, 3.8) is 0 Å². The fourth-order valence-corrected chi connectivity index (χ4v) is 1.71. The van der Waals surface area contributed by atoms with Crippen molar-refractivity contribution in [3.05, 3.63) is 48.8 Å². The molecule has 0 amide bonds. The Bertz CT molecular complexity index is 699. The summed E-state index contributed by atoms with van der Waals surface area (Å²) in [5, 5.41) is 7.17. The lowest BCUT2D eigenvalue weighted by molar-refractivity contribution is 0.438. The van der Waals surface area contributed by atoms with Gasteiger partial charge in [0.1, 0.15) is 5.75 Å². The molecule has 0 fully saturated rings. The molecule has 3 aromatic rings. The van der Waals surface area contributed by atoms with Gasteiger partial charge >= 0.3 is 6.01 Å². The average Bonchev–Trinajstić information content (AvgIpc) is 3.03. The Morgan fingerprint density at radius 2 is 1.95 bits per heavy atom. The van der Waals surface area contributed by atoms with Crippen LogP contribution in [0.2, 0.25) is 0 Å². The zero-order valence-electron chi connectivity index (χ0n) is 11.5. The minimum absolute atomic E-state index is 0.220. The lowest BCUT2D eigenvalue weighted by Crippen LogP contribution is -2.09. The van der Waals surface area contributed by atoms with Crippen LogP contribution >= 0.6 is 0 Å². The van der Waals surface area contributed by atoms with Gasteiger partial charge in [0.2, 0.25) is 5.95 Å². The maximum absolute atomic E-state index is 5.66. The van der Waals surface area contributed by atoms with Crippen LogP contribution in [0, 0.1) is 0 Å². The highest BCUT2D eigenvalue weighted by atomic mass is 16.5. The van der Waals surface area contributed by atoms with E-state index in [9.17, 15) is 0 Å². The third-order valence-corrected chi connectivity index (χ3v) is 2.60. The first-order valence-corrected chi connectivity index (χ1v) is 6.58. The van der Waals surface area contributed by atoms with Gasteiger partial charge in [-0.2, -0.15) is 20.1 Å². The highest BCUT2D eigenvalue weighted by Crippen LogP contribution is 2.18. The monoisotopic (exact) mass is 282 g/mol. The second-order valence-corrected chi connectivity index (χ2v) is 4.14. The van der Waals surface area contributed by atoms with Crippen LogP contribution in [0.1, 0.15) is 6.92 Å². The molecule has 7 nitrogen and oxygen atoms in total. The normalized spacial score (nSPS) is 10.3. The summed E-state index contributed by atoms with van der Waals surface area (Å²) in [6.45, 7) is 2.67. The van der Waals surface area contributed by atoms with Crippen molar-refractivity contribution in [2.24, 2.45) is 0 Å². The summed E-state index contributed by atoms with van der Waals surface area (Å²) in [7, 11) is 0. The van der Waals surface area contributed by atoms with E-state index in [1.54, 1.807) is 23.1 Å². The summed E-state index contributed by atoms with van der Waals surface area (Å²) in [5.74, 6) is 1.51. The molecule has 7 heteroatoms. The van der Waals surface area contributed by atoms with E-state index >= 15 is 0 Å². The van der Waals surface area contributed by atoms with Crippen LogP contribution in [0.15, 0.2) is 48.8 Å². The fraction of sp³-hybridized carbons (Fsp3) is 0.143. The van der Waals surface area contributed by atoms with Gasteiger partial charge in [0.15, 0.2) is 0 Å². The Balaban J connectivity index is 1.95. The Labute approximate surface area is 121 Å². The molecule has 0 unspecified atom stereocenters. The molecule has 21 heavy (non-hydrogen) atoms. The minimum atomic E-state index is 0.220. The fourth-order valence-electron chi connectivity index (χ4n) is 1.71. The molecule has 2 aromatic heterocycles. The van der Waals surface area contributed by atoms with E-state index in [-0.39, 0.29) is 6.01 Å². The van der Waals surface area contributed by atoms with Crippen LogP contribution in [-0.4, -0.2) is 31.3 Å². The van der Waals surface area contributed by atoms with Crippen molar-refractivity contribution < 1.29 is 4.74 Å². The van der Waals surface area contributed by atoms with Gasteiger partial charge in [-0.15, -0.1) is 0 Å². The summed E-state index contributed by atoms with van der Waals surface area (Å²) in [4.78, 5) is 12.8. The number of anilines is 1. The molecule has 0 bridgehead atoms. The van der Waals surface area contributed by atoms with Gasteiger partial charge in [0, 0.05) is 18.9 Å². The highest BCUT2D eigenvalue weighted by Gasteiger charge is 2.09. The molecule has 1 N–H and O–H groups in total. The molecule has 0 aliphatic heterocycles. The maximum Gasteiger partial charge on any atom is 0.328 e. The van der Waals surface area contributed by atoms with Gasteiger partial charge in [0.25, 0.3) is 5.95 Å². The molecule has 0 aliphatic carbocycles. The van der Waals surface area contributed by atoms with Crippen LogP contribution in [0.25, 0.3) is 5.95 Å². The number of aromatic nitrogens is 5. The Hall–Kier alpha value is -2.96. The number of hydrogen-bond acceptors (Lipinski definition) is 6. The molecule has 0 atom stereocenters. The summed E-state index contributed by atoms with van der Waals surface area (Å²) in [6.07, 6.45) is 3.42. The molecule has 2 heterocycles. The van der Waals surface area contributed by atoms with Gasteiger partial charge in [-0.3, -0.25) is 0 Å². The lowest BCUT2D eigenvalue weighted by atomic mass is 10.3. The number of hydrogen-bond donors (Lipinski definition) is 1. The van der Waals surface area contributed by atoms with Crippen molar-refractivity contribution >= 4 is 5.95 Å². The molecule has 0 saturated carbocycles. The average molecular weight is 282 g/mol. The van der Waals surface area contributed by atoms with E-state index < -0.39 is 0 Å². The third kappa shape index (κ3) is 3.14. The molecule has 0 aliphatic rings. The predicted molar refractivity (Wildman–Crippen MR) is 77.6 cm³/mol. The van der Waals surface area contributed by atoms with Crippen molar-refractivity contribution in [2.75, 3.05) is 11.9 Å². The van der Waals surface area contributed by atoms with E-state index in [1.165, 1.54) is 0 Å². The molecule has 1 aromatic carbocycles. The third-order valence-electron chi connectivity index (χ3n) is 2.60. The molecular weight excluding hydrogens is 268 g/mol. The van der Waals surface area contributed by atoms with Gasteiger partial charge in [0.05, 0.1) is 0 Å². The number of para-hydroxylation sites is 1. The van der Waals surface area contributed by atoms with Crippen molar-refractivity contribution in [1.82, 2.24) is 24.7 Å². The second-order valence-electron chi connectivity index (χ2n) is 4.14. The van der Waals surface area contributed by atoms with Crippen molar-refractivity contribution in [1.29, 1.82) is 0 Å². The van der Waals surface area contributed by atoms with Crippen LogP contribution in [0.4, 0.5) is 5.95 Å². The number of rotatable bonds is 5. The minimum Gasteiger partial charge on any atom is -0.424 e. The largest absolute Gasteiger partial charge is 0.424 e. The molecule has 0 radical (unpaired) electrons. The van der Waals surface area contributed by atoms with Gasteiger partial charge in [-0.1, -0.05) is 18.2 Å². The van der Waals surface area contributed by atoms with E-state index in [1.807, 2.05) is 37.3 Å².